The minimum absolute atomic E-state index is 0. The third-order valence-electron chi connectivity index (χ3n) is 4.40. The number of aryl methyl sites for hydroxylation is 1. The SMILES string of the molecule is Cl.[2H]C([2H])(Oc1cc(CCC)nn1CC1CCCC1)c1cc(Cl)ccc1F. The third kappa shape index (κ3) is 5.35. The zero-order valence-electron chi connectivity index (χ0n) is 16.3. The van der Waals surface area contributed by atoms with Gasteiger partial charge in [-0.15, -0.1) is 12.4 Å². The van der Waals surface area contributed by atoms with E-state index in [1.54, 1.807) is 10.7 Å². The van der Waals surface area contributed by atoms with E-state index >= 15 is 0 Å². The molecule has 0 N–H and O–H groups in total. The molecule has 1 saturated carbocycles. The Hall–Kier alpha value is -1.26. The van der Waals surface area contributed by atoms with Crippen LogP contribution in [0.25, 0.3) is 0 Å². The third-order valence-corrected chi connectivity index (χ3v) is 4.63. The molecule has 138 valence electrons. The first-order valence-corrected chi connectivity index (χ1v) is 8.98. The Labute approximate surface area is 162 Å². The maximum atomic E-state index is 14.1. The predicted octanol–water partition coefficient (Wildman–Crippen LogP) is 5.82. The van der Waals surface area contributed by atoms with E-state index in [1.807, 2.05) is 0 Å². The number of hydrogen-bond donors (Lipinski definition) is 0. The maximum Gasteiger partial charge on any atom is 0.212 e. The number of hydrogen-bond acceptors (Lipinski definition) is 2. The lowest BCUT2D eigenvalue weighted by Gasteiger charge is -2.13. The Balaban J connectivity index is 0.00000261. The molecule has 0 spiro atoms. The summed E-state index contributed by atoms with van der Waals surface area (Å²) in [5.74, 6) is 0.181. The van der Waals surface area contributed by atoms with Crippen molar-refractivity contribution in [2.45, 2.75) is 58.6 Å². The topological polar surface area (TPSA) is 27.1 Å². The van der Waals surface area contributed by atoms with Crippen LogP contribution in [0.15, 0.2) is 24.3 Å². The van der Waals surface area contributed by atoms with Gasteiger partial charge in [-0.05, 0) is 43.4 Å². The van der Waals surface area contributed by atoms with Gasteiger partial charge in [0.05, 0.1) is 8.44 Å². The Bertz CT molecular complexity index is 764. The van der Waals surface area contributed by atoms with E-state index < -0.39 is 12.4 Å². The highest BCUT2D eigenvalue weighted by molar-refractivity contribution is 6.30. The predicted molar refractivity (Wildman–Crippen MR) is 101 cm³/mol. The Morgan fingerprint density at radius 3 is 2.84 bits per heavy atom. The van der Waals surface area contributed by atoms with Crippen molar-refractivity contribution in [2.24, 2.45) is 5.92 Å². The molecule has 0 aliphatic heterocycles. The first-order chi connectivity index (χ1) is 12.4. The zero-order chi connectivity index (χ0) is 18.7. The van der Waals surface area contributed by atoms with Crippen molar-refractivity contribution in [3.05, 3.63) is 46.4 Å². The van der Waals surface area contributed by atoms with Crippen molar-refractivity contribution in [1.29, 1.82) is 0 Å². The number of nitrogens with zero attached hydrogens (tertiary/aromatic N) is 2. The minimum Gasteiger partial charge on any atom is -0.473 e. The van der Waals surface area contributed by atoms with Crippen LogP contribution in [0.2, 0.25) is 5.02 Å². The average molecular weight is 389 g/mol. The van der Waals surface area contributed by atoms with Crippen molar-refractivity contribution in [3.63, 3.8) is 0 Å². The van der Waals surface area contributed by atoms with Crippen LogP contribution in [0.5, 0.6) is 5.88 Å². The molecule has 25 heavy (non-hydrogen) atoms. The van der Waals surface area contributed by atoms with Gasteiger partial charge in [-0.3, -0.25) is 0 Å². The largest absolute Gasteiger partial charge is 0.473 e. The molecule has 1 fully saturated rings. The van der Waals surface area contributed by atoms with E-state index in [1.165, 1.54) is 25.0 Å². The second kappa shape index (κ2) is 9.44. The molecule has 3 rings (SSSR count). The summed E-state index contributed by atoms with van der Waals surface area (Å²) in [6.45, 7) is 0.427. The molecule has 2 aromatic rings. The van der Waals surface area contributed by atoms with Crippen molar-refractivity contribution in [2.75, 3.05) is 0 Å². The maximum absolute atomic E-state index is 14.1. The van der Waals surface area contributed by atoms with Crippen LogP contribution >= 0.6 is 24.0 Å². The van der Waals surface area contributed by atoms with E-state index in [9.17, 15) is 4.39 Å². The van der Waals surface area contributed by atoms with E-state index in [4.69, 9.17) is 19.1 Å². The van der Waals surface area contributed by atoms with Gasteiger partial charge in [-0.25, -0.2) is 9.07 Å². The van der Waals surface area contributed by atoms with Crippen LogP contribution in [0.3, 0.4) is 0 Å². The van der Waals surface area contributed by atoms with Gasteiger partial charge in [0.2, 0.25) is 5.88 Å². The summed E-state index contributed by atoms with van der Waals surface area (Å²) in [5, 5.41) is 4.85. The highest BCUT2D eigenvalue weighted by Crippen LogP contribution is 2.28. The smallest absolute Gasteiger partial charge is 0.212 e. The molecule has 1 aliphatic rings. The van der Waals surface area contributed by atoms with Gasteiger partial charge >= 0.3 is 0 Å². The molecule has 0 radical (unpaired) electrons. The summed E-state index contributed by atoms with van der Waals surface area (Å²) in [7, 11) is 0. The fourth-order valence-electron chi connectivity index (χ4n) is 3.16. The van der Waals surface area contributed by atoms with Gasteiger partial charge in [0.25, 0.3) is 0 Å². The second-order valence-electron chi connectivity index (χ2n) is 6.38. The lowest BCUT2D eigenvalue weighted by atomic mass is 10.1. The van der Waals surface area contributed by atoms with E-state index in [2.05, 4.69) is 12.0 Å². The normalized spacial score (nSPS) is 16.3. The Morgan fingerprint density at radius 1 is 1.36 bits per heavy atom. The van der Waals surface area contributed by atoms with E-state index in [0.29, 0.717) is 18.3 Å². The van der Waals surface area contributed by atoms with Crippen LogP contribution in [-0.4, -0.2) is 9.78 Å². The summed E-state index contributed by atoms with van der Waals surface area (Å²) < 4.78 is 38.0. The highest BCUT2D eigenvalue weighted by atomic mass is 35.5. The highest BCUT2D eigenvalue weighted by Gasteiger charge is 2.19. The van der Waals surface area contributed by atoms with E-state index in [-0.39, 0.29) is 23.0 Å². The minimum atomic E-state index is -2.34. The van der Waals surface area contributed by atoms with Crippen molar-refractivity contribution < 1.29 is 11.9 Å². The number of ether oxygens (including phenoxy) is 1. The summed E-state index contributed by atoms with van der Waals surface area (Å²) >= 11 is 5.91. The molecule has 1 aliphatic carbocycles. The molecule has 0 saturated heterocycles. The van der Waals surface area contributed by atoms with Gasteiger partial charge in [0.15, 0.2) is 0 Å². The summed E-state index contributed by atoms with van der Waals surface area (Å²) in [6, 6.07) is 5.57. The van der Waals surface area contributed by atoms with Crippen LogP contribution in [0, 0.1) is 11.7 Å². The van der Waals surface area contributed by atoms with E-state index in [0.717, 1.165) is 37.4 Å². The first kappa shape index (κ1) is 17.2. The molecule has 1 heterocycles. The summed E-state index contributed by atoms with van der Waals surface area (Å²) in [4.78, 5) is 0. The number of halogens is 3. The first-order valence-electron chi connectivity index (χ1n) is 9.60. The number of benzene rings is 1. The van der Waals surface area contributed by atoms with Crippen molar-refractivity contribution in [3.8, 4) is 5.88 Å². The van der Waals surface area contributed by atoms with Gasteiger partial charge < -0.3 is 4.74 Å². The monoisotopic (exact) mass is 388 g/mol. The van der Waals surface area contributed by atoms with Crippen molar-refractivity contribution >= 4 is 24.0 Å². The molecular formula is C19H25Cl2FN2O. The molecule has 0 bridgehead atoms. The molecule has 0 atom stereocenters. The van der Waals surface area contributed by atoms with Gasteiger partial charge in [0.1, 0.15) is 12.4 Å². The molecule has 1 aromatic carbocycles. The van der Waals surface area contributed by atoms with Crippen LogP contribution < -0.4 is 4.74 Å². The summed E-state index contributed by atoms with van der Waals surface area (Å²) in [5.41, 5.74) is 0.651. The van der Waals surface area contributed by atoms with Crippen molar-refractivity contribution in [1.82, 2.24) is 9.78 Å². The second-order valence-corrected chi connectivity index (χ2v) is 6.82. The number of rotatable bonds is 7. The van der Waals surface area contributed by atoms with Gasteiger partial charge in [-0.1, -0.05) is 37.8 Å². The fourth-order valence-corrected chi connectivity index (χ4v) is 3.33. The quantitative estimate of drug-likeness (QED) is 0.597. The molecule has 6 heteroatoms. The Morgan fingerprint density at radius 2 is 2.12 bits per heavy atom. The lowest BCUT2D eigenvalue weighted by Crippen LogP contribution is -2.11. The van der Waals surface area contributed by atoms with Crippen LogP contribution in [0.4, 0.5) is 4.39 Å². The molecule has 3 nitrogen and oxygen atoms in total. The van der Waals surface area contributed by atoms with Crippen LogP contribution in [0.1, 0.15) is 53.0 Å². The van der Waals surface area contributed by atoms with Gasteiger partial charge in [-0.2, -0.15) is 5.10 Å². The fraction of sp³-hybridized carbons (Fsp3) is 0.526. The zero-order valence-corrected chi connectivity index (χ0v) is 15.9. The number of aromatic nitrogens is 2. The molecule has 1 aromatic heterocycles. The molecule has 0 amide bonds. The molecule has 0 unspecified atom stereocenters. The Kier molecular flexibility index (Phi) is 6.48. The lowest BCUT2D eigenvalue weighted by molar-refractivity contribution is 0.257. The standard InChI is InChI=1S/C19H24ClFN2O.ClH/c1-2-5-17-11-19(23(22-17)12-14-6-3-4-7-14)24-13-15-10-16(20)8-9-18(15)21;/h8-11,14H,2-7,12-13H2,1H3;1H/i13D2;. The average Bonchev–Trinajstić information content (AvgIpc) is 3.21. The molecular weight excluding hydrogens is 362 g/mol. The summed E-state index contributed by atoms with van der Waals surface area (Å²) in [6.07, 6.45) is 6.48. The van der Waals surface area contributed by atoms with Crippen LogP contribution in [-0.2, 0) is 19.5 Å². The van der Waals surface area contributed by atoms with Gasteiger partial charge in [0, 0.05) is 23.2 Å².